The van der Waals surface area contributed by atoms with Crippen molar-refractivity contribution in [3.63, 3.8) is 0 Å². The number of hydrogen-bond donors (Lipinski definition) is 1. The molecule has 2 nitrogen and oxygen atoms in total. The van der Waals surface area contributed by atoms with E-state index in [1.54, 1.807) is 6.07 Å². The summed E-state index contributed by atoms with van der Waals surface area (Å²) in [5, 5.41) is 9.23. The Morgan fingerprint density at radius 3 is 2.21 bits per heavy atom. The number of carboxylic acids is 1. The maximum atomic E-state index is 11.2. The minimum Gasteiger partial charge on any atom is -0.478 e. The van der Waals surface area contributed by atoms with Crippen LogP contribution in [-0.4, -0.2) is 11.1 Å². The average molecular weight is 262 g/mol. The molecule has 19 heavy (non-hydrogen) atoms. The SMILES string of the molecule is CCCCCc1ccc(C(=O)O)c(CCCCC)c1. The molecular formula is C17H26O2. The summed E-state index contributed by atoms with van der Waals surface area (Å²) in [6.07, 6.45) is 9.01. The summed E-state index contributed by atoms with van der Waals surface area (Å²) in [5.41, 5.74) is 2.77. The van der Waals surface area contributed by atoms with Crippen LogP contribution < -0.4 is 0 Å². The highest BCUT2D eigenvalue weighted by Crippen LogP contribution is 2.17. The first-order valence-electron chi connectivity index (χ1n) is 7.54. The Hall–Kier alpha value is -1.31. The molecule has 2 heteroatoms. The quantitative estimate of drug-likeness (QED) is 0.646. The maximum Gasteiger partial charge on any atom is 0.335 e. The monoisotopic (exact) mass is 262 g/mol. The highest BCUT2D eigenvalue weighted by atomic mass is 16.4. The molecule has 1 N–H and O–H groups in total. The molecule has 1 rings (SSSR count). The number of aryl methyl sites for hydroxylation is 2. The van der Waals surface area contributed by atoms with E-state index in [0.29, 0.717) is 5.56 Å². The van der Waals surface area contributed by atoms with Crippen LogP contribution in [0.2, 0.25) is 0 Å². The van der Waals surface area contributed by atoms with Gasteiger partial charge in [-0.2, -0.15) is 0 Å². The van der Waals surface area contributed by atoms with E-state index in [0.717, 1.165) is 24.8 Å². The molecule has 0 unspecified atom stereocenters. The van der Waals surface area contributed by atoms with Crippen LogP contribution >= 0.6 is 0 Å². The molecule has 0 aliphatic rings. The highest BCUT2D eigenvalue weighted by Gasteiger charge is 2.10. The van der Waals surface area contributed by atoms with Gasteiger partial charge in [0, 0.05) is 0 Å². The van der Waals surface area contributed by atoms with Crippen molar-refractivity contribution in [3.05, 3.63) is 34.9 Å². The molecule has 0 bridgehead atoms. The van der Waals surface area contributed by atoms with E-state index in [2.05, 4.69) is 19.9 Å². The normalized spacial score (nSPS) is 10.6. The van der Waals surface area contributed by atoms with Gasteiger partial charge in [0.25, 0.3) is 0 Å². The smallest absolute Gasteiger partial charge is 0.335 e. The lowest BCUT2D eigenvalue weighted by atomic mass is 9.96. The van der Waals surface area contributed by atoms with E-state index in [9.17, 15) is 9.90 Å². The Balaban J connectivity index is 2.75. The summed E-state index contributed by atoms with van der Waals surface area (Å²) in [6, 6.07) is 5.86. The molecule has 0 aliphatic carbocycles. The zero-order valence-corrected chi connectivity index (χ0v) is 12.2. The summed E-state index contributed by atoms with van der Waals surface area (Å²) < 4.78 is 0. The first-order valence-corrected chi connectivity index (χ1v) is 7.54. The van der Waals surface area contributed by atoms with Gasteiger partial charge in [0.15, 0.2) is 0 Å². The second-order valence-electron chi connectivity index (χ2n) is 5.21. The number of aromatic carboxylic acids is 1. The van der Waals surface area contributed by atoms with Crippen molar-refractivity contribution in [1.82, 2.24) is 0 Å². The Morgan fingerprint density at radius 2 is 1.63 bits per heavy atom. The predicted octanol–water partition coefficient (Wildman–Crippen LogP) is 4.85. The van der Waals surface area contributed by atoms with Gasteiger partial charge >= 0.3 is 5.97 Å². The topological polar surface area (TPSA) is 37.3 Å². The van der Waals surface area contributed by atoms with Crippen LogP contribution in [0.3, 0.4) is 0 Å². The molecule has 0 saturated heterocycles. The van der Waals surface area contributed by atoms with Gasteiger partial charge in [-0.3, -0.25) is 0 Å². The van der Waals surface area contributed by atoms with Crippen LogP contribution in [0.1, 0.15) is 73.9 Å². The Bertz CT molecular complexity index is 396. The molecule has 0 heterocycles. The van der Waals surface area contributed by atoms with E-state index in [1.807, 2.05) is 6.07 Å². The summed E-state index contributed by atoms with van der Waals surface area (Å²) in [5.74, 6) is -0.799. The Labute approximate surface area is 116 Å². The molecule has 106 valence electrons. The number of unbranched alkanes of at least 4 members (excludes halogenated alkanes) is 4. The molecule has 0 aromatic heterocycles. The van der Waals surface area contributed by atoms with E-state index in [-0.39, 0.29) is 0 Å². The van der Waals surface area contributed by atoms with Crippen LogP contribution in [0.4, 0.5) is 0 Å². The highest BCUT2D eigenvalue weighted by molar-refractivity contribution is 5.89. The van der Waals surface area contributed by atoms with Crippen molar-refractivity contribution >= 4 is 5.97 Å². The molecule has 1 aromatic carbocycles. The fraction of sp³-hybridized carbons (Fsp3) is 0.588. The summed E-state index contributed by atoms with van der Waals surface area (Å²) in [7, 11) is 0. The van der Waals surface area contributed by atoms with E-state index < -0.39 is 5.97 Å². The third-order valence-electron chi connectivity index (χ3n) is 3.52. The van der Waals surface area contributed by atoms with Crippen molar-refractivity contribution in [3.8, 4) is 0 Å². The van der Waals surface area contributed by atoms with Gasteiger partial charge in [0.1, 0.15) is 0 Å². The van der Waals surface area contributed by atoms with E-state index >= 15 is 0 Å². The van der Waals surface area contributed by atoms with Gasteiger partial charge < -0.3 is 5.11 Å². The molecule has 0 spiro atoms. The zero-order valence-electron chi connectivity index (χ0n) is 12.2. The summed E-state index contributed by atoms with van der Waals surface area (Å²) >= 11 is 0. The van der Waals surface area contributed by atoms with Gasteiger partial charge in [0.2, 0.25) is 0 Å². The third-order valence-corrected chi connectivity index (χ3v) is 3.52. The number of benzene rings is 1. The molecule has 0 amide bonds. The average Bonchev–Trinajstić information content (AvgIpc) is 2.39. The Morgan fingerprint density at radius 1 is 1.00 bits per heavy atom. The van der Waals surface area contributed by atoms with Crippen LogP contribution in [-0.2, 0) is 12.8 Å². The summed E-state index contributed by atoms with van der Waals surface area (Å²) in [4.78, 5) is 11.2. The van der Waals surface area contributed by atoms with Crippen molar-refractivity contribution in [2.45, 2.75) is 65.2 Å². The Kier molecular flexibility index (Phi) is 7.24. The third kappa shape index (κ3) is 5.46. The molecule has 0 saturated carbocycles. The van der Waals surface area contributed by atoms with Crippen molar-refractivity contribution in [2.75, 3.05) is 0 Å². The molecule has 0 atom stereocenters. The predicted molar refractivity (Wildman–Crippen MR) is 79.9 cm³/mol. The molecular weight excluding hydrogens is 236 g/mol. The minimum absolute atomic E-state index is 0.482. The van der Waals surface area contributed by atoms with E-state index in [4.69, 9.17) is 0 Å². The van der Waals surface area contributed by atoms with Crippen LogP contribution in [0, 0.1) is 0 Å². The fourth-order valence-electron chi connectivity index (χ4n) is 2.36. The standard InChI is InChI=1S/C17H26O2/c1-3-5-7-9-14-11-12-16(17(18)19)15(13-14)10-8-6-4-2/h11-13H,3-10H2,1-2H3,(H,18,19). The largest absolute Gasteiger partial charge is 0.478 e. The zero-order chi connectivity index (χ0) is 14.1. The number of carbonyl (C=O) groups is 1. The van der Waals surface area contributed by atoms with Crippen molar-refractivity contribution < 1.29 is 9.90 Å². The van der Waals surface area contributed by atoms with Crippen molar-refractivity contribution in [1.29, 1.82) is 0 Å². The lowest BCUT2D eigenvalue weighted by Gasteiger charge is -2.09. The number of rotatable bonds is 9. The van der Waals surface area contributed by atoms with Crippen LogP contribution in [0.15, 0.2) is 18.2 Å². The van der Waals surface area contributed by atoms with Crippen LogP contribution in [0.25, 0.3) is 0 Å². The van der Waals surface area contributed by atoms with Gasteiger partial charge in [-0.25, -0.2) is 4.79 Å². The van der Waals surface area contributed by atoms with Gasteiger partial charge in [-0.05, 0) is 42.9 Å². The minimum atomic E-state index is -0.799. The summed E-state index contributed by atoms with van der Waals surface area (Å²) in [6.45, 7) is 4.36. The first kappa shape index (κ1) is 15.7. The molecule has 0 radical (unpaired) electrons. The van der Waals surface area contributed by atoms with Crippen LogP contribution in [0.5, 0.6) is 0 Å². The van der Waals surface area contributed by atoms with Gasteiger partial charge in [0.05, 0.1) is 5.56 Å². The lowest BCUT2D eigenvalue weighted by Crippen LogP contribution is -2.04. The lowest BCUT2D eigenvalue weighted by molar-refractivity contribution is 0.0695. The van der Waals surface area contributed by atoms with Crippen molar-refractivity contribution in [2.24, 2.45) is 0 Å². The van der Waals surface area contributed by atoms with Gasteiger partial charge in [-0.15, -0.1) is 0 Å². The second-order valence-corrected chi connectivity index (χ2v) is 5.21. The number of carboxylic acid groups (broad SMARTS) is 1. The molecule has 0 aliphatic heterocycles. The second kappa shape index (κ2) is 8.73. The molecule has 0 fully saturated rings. The molecule has 1 aromatic rings. The van der Waals surface area contributed by atoms with E-state index in [1.165, 1.54) is 37.7 Å². The maximum absolute atomic E-state index is 11.2. The first-order chi connectivity index (χ1) is 9.19. The number of hydrogen-bond acceptors (Lipinski definition) is 1. The fourth-order valence-corrected chi connectivity index (χ4v) is 2.36. The van der Waals surface area contributed by atoms with Gasteiger partial charge in [-0.1, -0.05) is 51.7 Å².